The molecule has 3 aliphatic carbocycles. The van der Waals surface area contributed by atoms with E-state index in [-0.39, 0.29) is 40.7 Å². The number of fused-ring (bicyclic) bond motifs is 1. The van der Waals surface area contributed by atoms with E-state index in [1.165, 1.54) is 12.1 Å². The van der Waals surface area contributed by atoms with E-state index in [1.807, 2.05) is 7.05 Å². The van der Waals surface area contributed by atoms with Gasteiger partial charge in [0.05, 0.1) is 5.02 Å². The molecule has 1 aliphatic heterocycles. The molecular formula is C21H28ClFN4O3. The molecule has 2 amide bonds. The first kappa shape index (κ1) is 21.3. The van der Waals surface area contributed by atoms with Crippen LogP contribution < -0.4 is 20.8 Å². The summed E-state index contributed by atoms with van der Waals surface area (Å²) >= 11 is 5.64. The topological polar surface area (TPSA) is 82.7 Å². The van der Waals surface area contributed by atoms with Crippen LogP contribution in [-0.2, 0) is 9.59 Å². The summed E-state index contributed by atoms with van der Waals surface area (Å²) in [5.74, 6) is 0.133. The Morgan fingerprint density at radius 3 is 2.80 bits per heavy atom. The van der Waals surface area contributed by atoms with E-state index in [2.05, 4.69) is 28.0 Å². The Balaban J connectivity index is 1.22. The van der Waals surface area contributed by atoms with Gasteiger partial charge in [0.15, 0.2) is 6.61 Å². The first-order valence-corrected chi connectivity index (χ1v) is 10.8. The minimum atomic E-state index is -0.589. The zero-order valence-electron chi connectivity index (χ0n) is 17.2. The maximum absolute atomic E-state index is 13.5. The minimum absolute atomic E-state index is 0.00662. The number of ether oxygens (including phenoxy) is 1. The van der Waals surface area contributed by atoms with Crippen LogP contribution in [0.3, 0.4) is 0 Å². The van der Waals surface area contributed by atoms with Gasteiger partial charge >= 0.3 is 0 Å². The molecule has 1 heterocycles. The third-order valence-electron chi connectivity index (χ3n) is 6.67. The zero-order chi connectivity index (χ0) is 21.5. The zero-order valence-corrected chi connectivity index (χ0v) is 18.0. The van der Waals surface area contributed by atoms with E-state index in [0.29, 0.717) is 30.8 Å². The van der Waals surface area contributed by atoms with Gasteiger partial charge in [0.1, 0.15) is 11.6 Å². The number of hydrogen-bond donors (Lipinski definition) is 3. The standard InChI is InChI=1S/C21H28ClFN4O3/c1-12-14(10-27(2)26-12)9-24-20(29)16-8-21(6-13(16)7-21)25-19(28)11-30-15-3-4-17(22)18(23)5-15/h3-5,12-14,16,26H,6-11H2,1-2H3,(H,24,29)(H,25,28)/t12?,13?,14?,16-,21?/m1/s1. The molecule has 5 rings (SSSR count). The number of halogens is 2. The summed E-state index contributed by atoms with van der Waals surface area (Å²) in [6.45, 7) is 3.49. The molecule has 3 N–H and O–H groups in total. The second kappa shape index (κ2) is 8.32. The van der Waals surface area contributed by atoms with Gasteiger partial charge in [-0.1, -0.05) is 11.6 Å². The SMILES string of the molecule is CC1NN(C)CC1CNC(=O)[C@@H]1CC2(NC(=O)COc3ccc(Cl)c(F)c3)CC1C2. The number of hydrogen-bond acceptors (Lipinski definition) is 5. The van der Waals surface area contributed by atoms with Gasteiger partial charge in [-0.05, 0) is 44.2 Å². The molecule has 30 heavy (non-hydrogen) atoms. The Hall–Kier alpha value is -1.90. The average molecular weight is 439 g/mol. The van der Waals surface area contributed by atoms with Crippen molar-refractivity contribution >= 4 is 23.4 Å². The smallest absolute Gasteiger partial charge is 0.258 e. The fourth-order valence-electron chi connectivity index (χ4n) is 5.11. The molecule has 0 spiro atoms. The molecule has 4 fully saturated rings. The highest BCUT2D eigenvalue weighted by Gasteiger charge is 2.58. The van der Waals surface area contributed by atoms with Crippen molar-refractivity contribution in [1.82, 2.24) is 21.1 Å². The molecule has 164 valence electrons. The number of benzene rings is 1. The monoisotopic (exact) mass is 438 g/mol. The predicted octanol–water partition coefficient (Wildman–Crippen LogP) is 1.71. The summed E-state index contributed by atoms with van der Waals surface area (Å²) in [5.41, 5.74) is 3.01. The molecule has 7 nitrogen and oxygen atoms in total. The molecule has 3 saturated carbocycles. The quantitative estimate of drug-likeness (QED) is 0.603. The van der Waals surface area contributed by atoms with E-state index in [0.717, 1.165) is 25.5 Å². The number of carbonyl (C=O) groups is 2. The third kappa shape index (κ3) is 4.40. The Morgan fingerprint density at radius 2 is 2.13 bits per heavy atom. The van der Waals surface area contributed by atoms with Crippen molar-refractivity contribution < 1.29 is 18.7 Å². The molecule has 4 aliphatic rings. The van der Waals surface area contributed by atoms with Crippen molar-refractivity contribution in [2.45, 2.75) is 37.8 Å². The number of nitrogens with one attached hydrogen (secondary N) is 3. The number of rotatable bonds is 7. The second-order valence-electron chi connectivity index (χ2n) is 8.98. The first-order valence-electron chi connectivity index (χ1n) is 10.4. The highest BCUT2D eigenvalue weighted by Crippen LogP contribution is 2.55. The fraction of sp³-hybridized carbons (Fsp3) is 0.619. The van der Waals surface area contributed by atoms with Crippen molar-refractivity contribution in [3.8, 4) is 5.75 Å². The lowest BCUT2D eigenvalue weighted by atomic mass is 9.76. The molecule has 9 heteroatoms. The molecule has 3 atom stereocenters. The first-order chi connectivity index (χ1) is 14.2. The molecule has 1 aromatic carbocycles. The largest absolute Gasteiger partial charge is 0.484 e. The molecule has 0 radical (unpaired) electrons. The fourth-order valence-corrected chi connectivity index (χ4v) is 5.23. The van der Waals surface area contributed by atoms with Crippen LogP contribution in [0.2, 0.25) is 5.02 Å². The van der Waals surface area contributed by atoms with Gasteiger partial charge in [-0.3, -0.25) is 15.0 Å². The summed E-state index contributed by atoms with van der Waals surface area (Å²) in [6.07, 6.45) is 2.29. The molecular weight excluding hydrogens is 411 g/mol. The Morgan fingerprint density at radius 1 is 1.37 bits per heavy atom. The van der Waals surface area contributed by atoms with E-state index < -0.39 is 5.82 Å². The molecule has 2 bridgehead atoms. The maximum atomic E-state index is 13.5. The van der Waals surface area contributed by atoms with Crippen LogP contribution >= 0.6 is 11.6 Å². The van der Waals surface area contributed by atoms with Crippen LogP contribution in [0, 0.1) is 23.6 Å². The summed E-state index contributed by atoms with van der Waals surface area (Å²) in [5, 5.41) is 8.21. The lowest BCUT2D eigenvalue weighted by Crippen LogP contribution is -2.53. The van der Waals surface area contributed by atoms with Gasteiger partial charge in [-0.25, -0.2) is 9.40 Å². The highest BCUT2D eigenvalue weighted by molar-refractivity contribution is 6.30. The van der Waals surface area contributed by atoms with E-state index in [1.54, 1.807) is 0 Å². The van der Waals surface area contributed by atoms with Crippen LogP contribution in [0.25, 0.3) is 0 Å². The van der Waals surface area contributed by atoms with Crippen LogP contribution in [-0.4, -0.2) is 55.1 Å². The normalized spacial score (nSPS) is 32.5. The van der Waals surface area contributed by atoms with Crippen LogP contribution in [0.4, 0.5) is 4.39 Å². The predicted molar refractivity (Wildman–Crippen MR) is 110 cm³/mol. The van der Waals surface area contributed by atoms with Gasteiger partial charge < -0.3 is 15.4 Å². The lowest BCUT2D eigenvalue weighted by Gasteiger charge is -2.39. The molecule has 1 aromatic rings. The van der Waals surface area contributed by atoms with Crippen molar-refractivity contribution in [1.29, 1.82) is 0 Å². The van der Waals surface area contributed by atoms with Crippen molar-refractivity contribution in [2.75, 3.05) is 26.7 Å². The molecule has 0 aromatic heterocycles. The van der Waals surface area contributed by atoms with Crippen LogP contribution in [0.1, 0.15) is 26.2 Å². The van der Waals surface area contributed by atoms with Gasteiger partial charge in [0, 0.05) is 49.6 Å². The third-order valence-corrected chi connectivity index (χ3v) is 6.97. The van der Waals surface area contributed by atoms with E-state index in [4.69, 9.17) is 16.3 Å². The summed E-state index contributed by atoms with van der Waals surface area (Å²) in [6, 6.07) is 4.40. The summed E-state index contributed by atoms with van der Waals surface area (Å²) in [7, 11) is 2.00. The van der Waals surface area contributed by atoms with Crippen LogP contribution in [0.5, 0.6) is 5.75 Å². The van der Waals surface area contributed by atoms with Crippen LogP contribution in [0.15, 0.2) is 18.2 Å². The Bertz CT molecular complexity index is 832. The van der Waals surface area contributed by atoms with Crippen molar-refractivity contribution in [3.05, 3.63) is 29.0 Å². The minimum Gasteiger partial charge on any atom is -0.484 e. The van der Waals surface area contributed by atoms with E-state index >= 15 is 0 Å². The van der Waals surface area contributed by atoms with Gasteiger partial charge in [-0.15, -0.1) is 0 Å². The Labute approximate surface area is 180 Å². The molecule has 1 saturated heterocycles. The average Bonchev–Trinajstić information content (AvgIpc) is 3.31. The number of nitrogens with zero attached hydrogens (tertiary/aromatic N) is 1. The molecule has 2 unspecified atom stereocenters. The van der Waals surface area contributed by atoms with Crippen molar-refractivity contribution in [3.63, 3.8) is 0 Å². The number of carbonyl (C=O) groups excluding carboxylic acids is 2. The van der Waals surface area contributed by atoms with Gasteiger partial charge in [0.25, 0.3) is 5.91 Å². The summed E-state index contributed by atoms with van der Waals surface area (Å²) < 4.78 is 18.8. The van der Waals surface area contributed by atoms with Gasteiger partial charge in [-0.2, -0.15) is 0 Å². The highest BCUT2D eigenvalue weighted by atomic mass is 35.5. The second-order valence-corrected chi connectivity index (χ2v) is 9.38. The Kier molecular flexibility index (Phi) is 5.92. The number of hydrazine groups is 1. The summed E-state index contributed by atoms with van der Waals surface area (Å²) in [4.78, 5) is 25.0. The van der Waals surface area contributed by atoms with Gasteiger partial charge in [0.2, 0.25) is 5.91 Å². The lowest BCUT2D eigenvalue weighted by molar-refractivity contribution is -0.126. The van der Waals surface area contributed by atoms with Crippen molar-refractivity contribution in [2.24, 2.45) is 17.8 Å². The van der Waals surface area contributed by atoms with E-state index in [9.17, 15) is 14.0 Å². The number of amides is 2. The maximum Gasteiger partial charge on any atom is 0.258 e.